The minimum Gasteiger partial charge on any atom is -0.494 e. The van der Waals surface area contributed by atoms with E-state index in [0.29, 0.717) is 13.2 Å². The van der Waals surface area contributed by atoms with Crippen molar-refractivity contribution in [1.29, 1.82) is 0 Å². The normalized spacial score (nSPS) is 14.8. The summed E-state index contributed by atoms with van der Waals surface area (Å²) in [7, 11) is 2.03. The first-order chi connectivity index (χ1) is 13.1. The second kappa shape index (κ2) is 9.42. The van der Waals surface area contributed by atoms with Gasteiger partial charge < -0.3 is 19.9 Å². The Labute approximate surface area is 161 Å². The quantitative estimate of drug-likeness (QED) is 0.752. The van der Waals surface area contributed by atoms with Crippen molar-refractivity contribution < 1.29 is 14.4 Å². The number of quaternary nitrogens is 1. The number of benzene rings is 2. The molecule has 0 radical (unpaired) electrons. The molecule has 1 amide bonds. The summed E-state index contributed by atoms with van der Waals surface area (Å²) in [4.78, 5) is 15.9. The first-order valence-corrected chi connectivity index (χ1v) is 9.82. The molecular formula is C22H30N3O2+. The number of hydrogen-bond donors (Lipinski definition) is 2. The molecule has 1 aliphatic rings. The van der Waals surface area contributed by atoms with Gasteiger partial charge in [-0.3, -0.25) is 4.79 Å². The van der Waals surface area contributed by atoms with Crippen LogP contribution in [-0.4, -0.2) is 39.2 Å². The highest BCUT2D eigenvalue weighted by Gasteiger charge is 2.13. The summed E-state index contributed by atoms with van der Waals surface area (Å²) >= 11 is 0. The van der Waals surface area contributed by atoms with E-state index in [4.69, 9.17) is 4.74 Å². The lowest BCUT2D eigenvalue weighted by molar-refractivity contribution is -0.885. The third-order valence-corrected chi connectivity index (χ3v) is 4.82. The van der Waals surface area contributed by atoms with Gasteiger partial charge in [0.05, 0.1) is 13.7 Å². The van der Waals surface area contributed by atoms with Crippen molar-refractivity contribution in [2.75, 3.05) is 43.5 Å². The van der Waals surface area contributed by atoms with Crippen LogP contribution in [0.5, 0.6) is 5.75 Å². The minimum atomic E-state index is 0.0346. The number of nitrogens with one attached hydrogen (secondary N) is 2. The molecule has 0 aliphatic carbocycles. The van der Waals surface area contributed by atoms with E-state index in [-0.39, 0.29) is 5.91 Å². The van der Waals surface area contributed by atoms with E-state index in [1.165, 1.54) is 24.1 Å². The number of amides is 1. The van der Waals surface area contributed by atoms with Crippen LogP contribution in [0.25, 0.3) is 0 Å². The van der Waals surface area contributed by atoms with Crippen LogP contribution >= 0.6 is 0 Å². The van der Waals surface area contributed by atoms with E-state index in [0.717, 1.165) is 36.0 Å². The van der Waals surface area contributed by atoms with E-state index in [9.17, 15) is 4.79 Å². The lowest BCUT2D eigenvalue weighted by Gasteiger charge is -2.18. The van der Waals surface area contributed by atoms with Crippen LogP contribution in [-0.2, 0) is 11.3 Å². The van der Waals surface area contributed by atoms with E-state index in [2.05, 4.69) is 34.5 Å². The Morgan fingerprint density at radius 3 is 2.37 bits per heavy atom. The maximum Gasteiger partial charge on any atom is 0.279 e. The lowest BCUT2D eigenvalue weighted by Crippen LogP contribution is -3.08. The Balaban J connectivity index is 1.46. The Bertz CT molecular complexity index is 722. The molecule has 5 heteroatoms. The molecule has 3 rings (SSSR count). The molecule has 27 heavy (non-hydrogen) atoms. The Morgan fingerprint density at radius 1 is 1.07 bits per heavy atom. The van der Waals surface area contributed by atoms with Crippen LogP contribution in [0.3, 0.4) is 0 Å². The largest absolute Gasteiger partial charge is 0.494 e. The van der Waals surface area contributed by atoms with Crippen LogP contribution in [0.15, 0.2) is 48.5 Å². The summed E-state index contributed by atoms with van der Waals surface area (Å²) < 4.78 is 5.46. The number of anilines is 2. The summed E-state index contributed by atoms with van der Waals surface area (Å²) in [6, 6.07) is 16.3. The summed E-state index contributed by atoms with van der Waals surface area (Å²) in [5.74, 6) is 0.918. The van der Waals surface area contributed by atoms with Gasteiger partial charge in [-0.05, 0) is 68.3 Å². The number of likely N-dealkylation sites (N-methyl/N-ethyl adjacent to an activating group) is 1. The number of ether oxygens (including phenoxy) is 1. The van der Waals surface area contributed by atoms with Crippen molar-refractivity contribution in [2.24, 2.45) is 0 Å². The van der Waals surface area contributed by atoms with Crippen molar-refractivity contribution in [3.63, 3.8) is 0 Å². The zero-order chi connectivity index (χ0) is 19.1. The summed E-state index contributed by atoms with van der Waals surface area (Å²) in [5, 5.41) is 3.00. The molecule has 1 atom stereocenters. The Hall–Kier alpha value is -2.53. The highest BCUT2D eigenvalue weighted by atomic mass is 16.5. The fourth-order valence-corrected chi connectivity index (χ4v) is 3.49. The van der Waals surface area contributed by atoms with Crippen LogP contribution < -0.4 is 19.9 Å². The van der Waals surface area contributed by atoms with Crippen LogP contribution in [0.2, 0.25) is 0 Å². The fourth-order valence-electron chi connectivity index (χ4n) is 3.49. The minimum absolute atomic E-state index is 0.0346. The standard InChI is InChI=1S/C22H29N3O2/c1-3-27-21-12-6-18(7-13-21)16-24(2)17-22(26)23-19-8-10-20(11-9-19)25-14-4-5-15-25/h6-13H,3-5,14-17H2,1-2H3,(H,23,26)/p+1. The number of carbonyl (C=O) groups excluding carboxylic acids is 1. The molecule has 1 heterocycles. The molecule has 0 bridgehead atoms. The molecule has 1 saturated heterocycles. The summed E-state index contributed by atoms with van der Waals surface area (Å²) in [6.07, 6.45) is 2.53. The fraction of sp³-hybridized carbons (Fsp3) is 0.409. The molecule has 2 aromatic rings. The molecule has 144 valence electrons. The zero-order valence-electron chi connectivity index (χ0n) is 16.3. The molecule has 0 saturated carbocycles. The number of rotatable bonds is 8. The third kappa shape index (κ3) is 5.73. The number of hydrogen-bond acceptors (Lipinski definition) is 3. The highest BCUT2D eigenvalue weighted by molar-refractivity contribution is 5.91. The van der Waals surface area contributed by atoms with E-state index >= 15 is 0 Å². The molecule has 2 N–H and O–H groups in total. The maximum absolute atomic E-state index is 12.3. The van der Waals surface area contributed by atoms with Crippen molar-refractivity contribution in [1.82, 2.24) is 0 Å². The van der Waals surface area contributed by atoms with Gasteiger partial charge in [0.1, 0.15) is 12.3 Å². The molecule has 0 spiro atoms. The SMILES string of the molecule is CCOc1ccc(C[NH+](C)CC(=O)Nc2ccc(N3CCCC3)cc2)cc1. The molecule has 2 aromatic carbocycles. The second-order valence-corrected chi connectivity index (χ2v) is 7.18. The van der Waals surface area contributed by atoms with Gasteiger partial charge in [0.2, 0.25) is 0 Å². The smallest absolute Gasteiger partial charge is 0.279 e. The van der Waals surface area contributed by atoms with Crippen LogP contribution in [0, 0.1) is 0 Å². The van der Waals surface area contributed by atoms with Gasteiger partial charge in [-0.15, -0.1) is 0 Å². The number of carbonyl (C=O) groups is 1. The summed E-state index contributed by atoms with van der Waals surface area (Å²) in [5.41, 5.74) is 3.29. The van der Waals surface area contributed by atoms with Crippen molar-refractivity contribution in [2.45, 2.75) is 26.3 Å². The van der Waals surface area contributed by atoms with Gasteiger partial charge in [-0.1, -0.05) is 0 Å². The monoisotopic (exact) mass is 368 g/mol. The van der Waals surface area contributed by atoms with E-state index in [1.807, 2.05) is 38.2 Å². The second-order valence-electron chi connectivity index (χ2n) is 7.18. The number of nitrogens with zero attached hydrogens (tertiary/aromatic N) is 1. The molecule has 1 unspecified atom stereocenters. The van der Waals surface area contributed by atoms with Crippen molar-refractivity contribution in [3.8, 4) is 5.75 Å². The molecule has 5 nitrogen and oxygen atoms in total. The highest BCUT2D eigenvalue weighted by Crippen LogP contribution is 2.21. The van der Waals surface area contributed by atoms with Gasteiger partial charge in [-0.25, -0.2) is 0 Å². The van der Waals surface area contributed by atoms with Gasteiger partial charge in [0.25, 0.3) is 5.91 Å². The average Bonchev–Trinajstić information content (AvgIpc) is 3.19. The molecular weight excluding hydrogens is 338 g/mol. The van der Waals surface area contributed by atoms with Gasteiger partial charge >= 0.3 is 0 Å². The van der Waals surface area contributed by atoms with Crippen molar-refractivity contribution in [3.05, 3.63) is 54.1 Å². The Morgan fingerprint density at radius 2 is 1.74 bits per heavy atom. The maximum atomic E-state index is 12.3. The van der Waals surface area contributed by atoms with Crippen molar-refractivity contribution >= 4 is 17.3 Å². The zero-order valence-corrected chi connectivity index (χ0v) is 16.3. The van der Waals surface area contributed by atoms with Crippen LogP contribution in [0.1, 0.15) is 25.3 Å². The first kappa shape index (κ1) is 19.2. The predicted octanol–water partition coefficient (Wildman–Crippen LogP) is 2.34. The topological polar surface area (TPSA) is 46.0 Å². The first-order valence-electron chi connectivity index (χ1n) is 9.82. The average molecular weight is 369 g/mol. The molecule has 1 fully saturated rings. The van der Waals surface area contributed by atoms with E-state index < -0.39 is 0 Å². The Kier molecular flexibility index (Phi) is 6.71. The molecule has 0 aromatic heterocycles. The summed E-state index contributed by atoms with van der Waals surface area (Å²) in [6.45, 7) is 6.14. The van der Waals surface area contributed by atoms with Gasteiger partial charge in [0.15, 0.2) is 6.54 Å². The lowest BCUT2D eigenvalue weighted by atomic mass is 10.2. The molecule has 1 aliphatic heterocycles. The van der Waals surface area contributed by atoms with Crippen LogP contribution in [0.4, 0.5) is 11.4 Å². The third-order valence-electron chi connectivity index (χ3n) is 4.82. The van der Waals surface area contributed by atoms with Gasteiger partial charge in [0, 0.05) is 30.0 Å². The predicted molar refractivity (Wildman–Crippen MR) is 110 cm³/mol. The van der Waals surface area contributed by atoms with Gasteiger partial charge in [-0.2, -0.15) is 0 Å². The van der Waals surface area contributed by atoms with E-state index in [1.54, 1.807) is 0 Å².